The number of pyridine rings is 1. The van der Waals surface area contributed by atoms with Crippen molar-refractivity contribution in [2.24, 2.45) is 0 Å². The van der Waals surface area contributed by atoms with Gasteiger partial charge in [-0.2, -0.15) is 0 Å². The van der Waals surface area contributed by atoms with Gasteiger partial charge in [-0.25, -0.2) is 14.5 Å². The Morgan fingerprint density at radius 1 is 1.00 bits per heavy atom. The molecule has 31 heavy (non-hydrogen) atoms. The lowest BCUT2D eigenvalue weighted by Crippen LogP contribution is -2.15. The molecule has 0 bridgehead atoms. The molecular formula is C24H17N5O2. The molecule has 2 aromatic carbocycles. The fraction of sp³-hybridized carbons (Fsp3) is 0.0833. The second-order valence-electron chi connectivity index (χ2n) is 7.57. The van der Waals surface area contributed by atoms with Crippen molar-refractivity contribution in [2.45, 2.75) is 12.8 Å². The number of phenols is 1. The van der Waals surface area contributed by atoms with E-state index < -0.39 is 0 Å². The van der Waals surface area contributed by atoms with Crippen molar-refractivity contribution in [3.05, 3.63) is 95.6 Å². The summed E-state index contributed by atoms with van der Waals surface area (Å²) in [5, 5.41) is 14.6. The number of benzene rings is 2. The van der Waals surface area contributed by atoms with Crippen LogP contribution in [0.4, 0.5) is 0 Å². The Bertz CT molecular complexity index is 1430. The van der Waals surface area contributed by atoms with E-state index in [1.165, 1.54) is 5.56 Å². The Hall–Kier alpha value is -4.26. The first-order valence-corrected chi connectivity index (χ1v) is 9.90. The van der Waals surface area contributed by atoms with Crippen molar-refractivity contribution < 1.29 is 9.84 Å². The van der Waals surface area contributed by atoms with Crippen LogP contribution in [0.3, 0.4) is 0 Å². The van der Waals surface area contributed by atoms with Crippen LogP contribution in [-0.2, 0) is 0 Å². The molecule has 1 aliphatic heterocycles. The predicted octanol–water partition coefficient (Wildman–Crippen LogP) is 4.49. The molecule has 7 nitrogen and oxygen atoms in total. The van der Waals surface area contributed by atoms with Gasteiger partial charge in [0.1, 0.15) is 17.8 Å². The monoisotopic (exact) mass is 407 g/mol. The number of hydrogen-bond donors (Lipinski definition) is 1. The van der Waals surface area contributed by atoms with Crippen molar-refractivity contribution in [3.63, 3.8) is 0 Å². The van der Waals surface area contributed by atoms with Gasteiger partial charge in [0, 0.05) is 35.5 Å². The summed E-state index contributed by atoms with van der Waals surface area (Å²) in [4.78, 5) is 13.4. The minimum absolute atomic E-state index is 0.147. The number of rotatable bonds is 2. The minimum Gasteiger partial charge on any atom is -0.508 e. The molecule has 1 atom stereocenters. The standard InChI is InChI=1S/C24H17N5O2/c1-14-2-4-15(5-3-14)20-18-7-6-17(30)12-19(18)31-24-21(20)23-27-22(28-29(23)13-26-24)16-8-10-25-11-9-16/h2-13,20,30H,1H3/t20-/m0/s1. The fourth-order valence-electron chi connectivity index (χ4n) is 4.03. The second kappa shape index (κ2) is 6.63. The molecule has 0 unspecified atom stereocenters. The molecule has 7 heteroatoms. The Labute approximate surface area is 177 Å². The largest absolute Gasteiger partial charge is 0.508 e. The van der Waals surface area contributed by atoms with Gasteiger partial charge in [-0.1, -0.05) is 35.9 Å². The van der Waals surface area contributed by atoms with E-state index >= 15 is 0 Å². The van der Waals surface area contributed by atoms with Crippen molar-refractivity contribution in [2.75, 3.05) is 0 Å². The number of fused-ring (bicyclic) bond motifs is 4. The molecule has 6 rings (SSSR count). The molecule has 1 N–H and O–H groups in total. The van der Waals surface area contributed by atoms with Crippen LogP contribution in [0.15, 0.2) is 73.3 Å². The molecule has 0 amide bonds. The van der Waals surface area contributed by atoms with Gasteiger partial charge in [0.15, 0.2) is 11.5 Å². The van der Waals surface area contributed by atoms with E-state index in [0.29, 0.717) is 23.1 Å². The van der Waals surface area contributed by atoms with Gasteiger partial charge in [0.25, 0.3) is 0 Å². The predicted molar refractivity (Wildman–Crippen MR) is 114 cm³/mol. The number of hydrogen-bond acceptors (Lipinski definition) is 6. The molecule has 4 heterocycles. The molecule has 1 aliphatic rings. The quantitative estimate of drug-likeness (QED) is 0.455. The normalized spacial score (nSPS) is 14.7. The topological polar surface area (TPSA) is 85.4 Å². The van der Waals surface area contributed by atoms with Crippen LogP contribution >= 0.6 is 0 Å². The number of aryl methyl sites for hydroxylation is 1. The van der Waals surface area contributed by atoms with Gasteiger partial charge >= 0.3 is 0 Å². The third kappa shape index (κ3) is 2.82. The molecule has 5 aromatic rings. The second-order valence-corrected chi connectivity index (χ2v) is 7.57. The van der Waals surface area contributed by atoms with E-state index in [-0.39, 0.29) is 11.7 Å². The van der Waals surface area contributed by atoms with E-state index in [0.717, 1.165) is 22.3 Å². The maximum absolute atomic E-state index is 10.00. The highest BCUT2D eigenvalue weighted by Gasteiger charge is 2.33. The first-order valence-electron chi connectivity index (χ1n) is 9.90. The highest BCUT2D eigenvalue weighted by atomic mass is 16.5. The Kier molecular flexibility index (Phi) is 3.76. The van der Waals surface area contributed by atoms with E-state index in [1.54, 1.807) is 35.4 Å². The first kappa shape index (κ1) is 17.6. The lowest BCUT2D eigenvalue weighted by Gasteiger charge is -2.27. The summed E-state index contributed by atoms with van der Waals surface area (Å²) in [6.07, 6.45) is 5.04. The fourth-order valence-corrected chi connectivity index (χ4v) is 4.03. The van der Waals surface area contributed by atoms with E-state index in [9.17, 15) is 5.11 Å². The number of aromatic hydroxyl groups is 1. The number of phenolic OH excluding ortho intramolecular Hbond substituents is 1. The van der Waals surface area contributed by atoms with Gasteiger partial charge in [-0.3, -0.25) is 4.98 Å². The van der Waals surface area contributed by atoms with E-state index in [1.807, 2.05) is 18.2 Å². The van der Waals surface area contributed by atoms with Gasteiger partial charge in [-0.05, 0) is 30.7 Å². The summed E-state index contributed by atoms with van der Waals surface area (Å²) < 4.78 is 7.78. The summed E-state index contributed by atoms with van der Waals surface area (Å²) in [6, 6.07) is 17.3. The molecule has 0 saturated carbocycles. The molecule has 0 aliphatic carbocycles. The smallest absolute Gasteiger partial charge is 0.228 e. The lowest BCUT2D eigenvalue weighted by molar-refractivity contribution is 0.422. The van der Waals surface area contributed by atoms with Crippen LogP contribution in [-0.4, -0.2) is 29.7 Å². The van der Waals surface area contributed by atoms with Crippen LogP contribution < -0.4 is 4.74 Å². The molecule has 0 fully saturated rings. The van der Waals surface area contributed by atoms with Crippen molar-refractivity contribution >= 4 is 5.65 Å². The van der Waals surface area contributed by atoms with Crippen LogP contribution in [0, 0.1) is 6.92 Å². The molecule has 0 saturated heterocycles. The van der Waals surface area contributed by atoms with Crippen molar-refractivity contribution in [1.82, 2.24) is 24.6 Å². The summed E-state index contributed by atoms with van der Waals surface area (Å²) in [7, 11) is 0. The van der Waals surface area contributed by atoms with Crippen LogP contribution in [0.25, 0.3) is 17.0 Å². The lowest BCUT2D eigenvalue weighted by atomic mass is 9.83. The summed E-state index contributed by atoms with van der Waals surface area (Å²) >= 11 is 0. The van der Waals surface area contributed by atoms with E-state index in [4.69, 9.17) is 9.72 Å². The van der Waals surface area contributed by atoms with Crippen molar-refractivity contribution in [3.8, 4) is 28.8 Å². The maximum Gasteiger partial charge on any atom is 0.228 e. The van der Waals surface area contributed by atoms with Crippen LogP contribution in [0.1, 0.15) is 28.2 Å². The Morgan fingerprint density at radius 2 is 1.81 bits per heavy atom. The van der Waals surface area contributed by atoms with Gasteiger partial charge in [0.05, 0.1) is 5.56 Å². The highest BCUT2D eigenvalue weighted by molar-refractivity contribution is 5.68. The summed E-state index contributed by atoms with van der Waals surface area (Å²) in [6.45, 7) is 2.06. The summed E-state index contributed by atoms with van der Waals surface area (Å²) in [5.74, 6) is 1.63. The zero-order chi connectivity index (χ0) is 20.9. The highest BCUT2D eigenvalue weighted by Crippen LogP contribution is 2.48. The van der Waals surface area contributed by atoms with Crippen LogP contribution in [0.2, 0.25) is 0 Å². The SMILES string of the molecule is Cc1ccc([C@H]2c3ccc(O)cc3Oc3ncn4nc(-c5ccncc5)nc4c32)cc1. The average Bonchev–Trinajstić information content (AvgIpc) is 3.23. The van der Waals surface area contributed by atoms with Crippen molar-refractivity contribution in [1.29, 1.82) is 0 Å². The first-order chi connectivity index (χ1) is 15.2. The molecule has 0 spiro atoms. The van der Waals surface area contributed by atoms with Gasteiger partial charge in [-0.15, -0.1) is 5.10 Å². The zero-order valence-electron chi connectivity index (χ0n) is 16.6. The molecular weight excluding hydrogens is 390 g/mol. The number of aromatic nitrogens is 5. The molecule has 3 aromatic heterocycles. The molecule has 0 radical (unpaired) electrons. The average molecular weight is 407 g/mol. The number of ether oxygens (including phenoxy) is 1. The Balaban J connectivity index is 1.62. The number of nitrogens with zero attached hydrogens (tertiary/aromatic N) is 5. The Morgan fingerprint density at radius 3 is 2.61 bits per heavy atom. The minimum atomic E-state index is -0.161. The van der Waals surface area contributed by atoms with Crippen LogP contribution in [0.5, 0.6) is 17.4 Å². The van der Waals surface area contributed by atoms with Gasteiger partial charge in [0.2, 0.25) is 5.88 Å². The van der Waals surface area contributed by atoms with Gasteiger partial charge < -0.3 is 9.84 Å². The maximum atomic E-state index is 10.00. The van der Waals surface area contributed by atoms with E-state index in [2.05, 4.69) is 46.3 Å². The molecule has 150 valence electrons. The summed E-state index contributed by atoms with van der Waals surface area (Å²) in [5.41, 5.74) is 5.61. The zero-order valence-corrected chi connectivity index (χ0v) is 16.6. The third-order valence-corrected chi connectivity index (χ3v) is 5.54. The third-order valence-electron chi connectivity index (χ3n) is 5.54.